The van der Waals surface area contributed by atoms with Gasteiger partial charge in [0.1, 0.15) is 23.8 Å². The monoisotopic (exact) mass is 604 g/mol. The molecule has 0 saturated carbocycles. The Labute approximate surface area is 270 Å². The van der Waals surface area contributed by atoms with Crippen LogP contribution in [0.2, 0.25) is 0 Å². The average Bonchev–Trinajstić information content (AvgIpc) is 3.73. The van der Waals surface area contributed by atoms with Crippen LogP contribution in [0, 0.1) is 0 Å². The first-order valence-corrected chi connectivity index (χ1v) is 15.9. The molecular formula is C42H28N4O. The van der Waals surface area contributed by atoms with Gasteiger partial charge in [-0.25, -0.2) is 15.0 Å². The highest BCUT2D eigenvalue weighted by Crippen LogP contribution is 2.54. The Morgan fingerprint density at radius 2 is 1.28 bits per heavy atom. The van der Waals surface area contributed by atoms with E-state index in [1.54, 1.807) is 12.7 Å². The van der Waals surface area contributed by atoms with E-state index in [4.69, 9.17) is 4.42 Å². The average molecular weight is 605 g/mol. The third-order valence-electron chi connectivity index (χ3n) is 10.0. The predicted molar refractivity (Wildman–Crippen MR) is 190 cm³/mol. The minimum Gasteiger partial charge on any atom is -0.456 e. The summed E-state index contributed by atoms with van der Waals surface area (Å²) in [6.07, 6.45) is 3.11. The summed E-state index contributed by atoms with van der Waals surface area (Å²) in [5.74, 6) is 0.671. The maximum atomic E-state index is 6.12. The lowest BCUT2D eigenvalue weighted by Crippen LogP contribution is -2.15. The van der Waals surface area contributed by atoms with E-state index in [9.17, 15) is 0 Å². The third kappa shape index (κ3) is 3.68. The number of rotatable bonds is 3. The fraction of sp³-hybridized carbons (Fsp3) is 0.0714. The molecule has 222 valence electrons. The van der Waals surface area contributed by atoms with E-state index in [1.165, 1.54) is 49.7 Å². The van der Waals surface area contributed by atoms with Crippen LogP contribution in [-0.4, -0.2) is 19.5 Å². The lowest BCUT2D eigenvalue weighted by molar-refractivity contribution is 0.666. The van der Waals surface area contributed by atoms with Crippen molar-refractivity contribution in [1.29, 1.82) is 0 Å². The van der Waals surface area contributed by atoms with Gasteiger partial charge in [-0.05, 0) is 94.0 Å². The van der Waals surface area contributed by atoms with Crippen LogP contribution in [0.3, 0.4) is 0 Å². The molecule has 0 amide bonds. The van der Waals surface area contributed by atoms with Crippen molar-refractivity contribution in [2.45, 2.75) is 19.3 Å². The van der Waals surface area contributed by atoms with Gasteiger partial charge in [0.15, 0.2) is 5.82 Å². The number of hydrogen-bond donors (Lipinski definition) is 0. The van der Waals surface area contributed by atoms with Crippen molar-refractivity contribution in [3.8, 4) is 39.3 Å². The van der Waals surface area contributed by atoms with E-state index in [0.717, 1.165) is 38.7 Å². The van der Waals surface area contributed by atoms with E-state index in [-0.39, 0.29) is 5.41 Å². The molecule has 0 bridgehead atoms. The van der Waals surface area contributed by atoms with Gasteiger partial charge in [0.25, 0.3) is 0 Å². The second-order valence-electron chi connectivity index (χ2n) is 12.9. The fourth-order valence-electron chi connectivity index (χ4n) is 7.90. The van der Waals surface area contributed by atoms with E-state index >= 15 is 0 Å². The maximum absolute atomic E-state index is 6.12. The number of aromatic nitrogens is 4. The van der Waals surface area contributed by atoms with Crippen molar-refractivity contribution in [2.24, 2.45) is 0 Å². The molecule has 0 radical (unpaired) electrons. The standard InChI is InChI=1S/C42H28N4O/c1-42(2)34-16-12-25(26-14-19-38-32(21-26)29-10-6-7-11-37(29)47-38)20-31(34)30-15-18-36-39(40(30)42)33-22-27(41-44-23-43-24-45-41)13-17-35(33)46(36)28-8-4-3-5-9-28/h3-24H,1-2H3. The van der Waals surface area contributed by atoms with E-state index in [2.05, 4.69) is 143 Å². The Hall–Kier alpha value is -6.07. The summed E-state index contributed by atoms with van der Waals surface area (Å²) in [6.45, 7) is 4.73. The first kappa shape index (κ1) is 26.2. The number of fused-ring (bicyclic) bond motifs is 10. The first-order valence-electron chi connectivity index (χ1n) is 15.9. The van der Waals surface area contributed by atoms with Crippen LogP contribution in [0.15, 0.2) is 138 Å². The lowest BCUT2D eigenvalue weighted by atomic mass is 9.80. The van der Waals surface area contributed by atoms with Crippen molar-refractivity contribution in [2.75, 3.05) is 0 Å². The Balaban J connectivity index is 1.23. The van der Waals surface area contributed by atoms with Crippen molar-refractivity contribution in [3.05, 3.63) is 145 Å². The maximum Gasteiger partial charge on any atom is 0.162 e. The molecule has 10 rings (SSSR count). The topological polar surface area (TPSA) is 56.7 Å². The molecule has 5 heteroatoms. The van der Waals surface area contributed by atoms with Crippen LogP contribution in [0.1, 0.15) is 25.0 Å². The Morgan fingerprint density at radius 3 is 2.15 bits per heavy atom. The second kappa shape index (κ2) is 9.47. The van der Waals surface area contributed by atoms with Gasteiger partial charge in [-0.15, -0.1) is 0 Å². The number of hydrogen-bond acceptors (Lipinski definition) is 4. The molecule has 0 aliphatic heterocycles. The van der Waals surface area contributed by atoms with Crippen molar-refractivity contribution in [1.82, 2.24) is 19.5 Å². The van der Waals surface area contributed by atoms with Crippen LogP contribution >= 0.6 is 0 Å². The summed E-state index contributed by atoms with van der Waals surface area (Å²) >= 11 is 0. The third-order valence-corrected chi connectivity index (χ3v) is 10.0. The van der Waals surface area contributed by atoms with Crippen molar-refractivity contribution >= 4 is 43.7 Å². The molecule has 6 aromatic carbocycles. The Kier molecular flexibility index (Phi) is 5.28. The summed E-state index contributed by atoms with van der Waals surface area (Å²) in [6, 6.07) is 43.6. The van der Waals surface area contributed by atoms with Gasteiger partial charge in [0.2, 0.25) is 0 Å². The molecular weight excluding hydrogens is 576 g/mol. The van der Waals surface area contributed by atoms with Gasteiger partial charge in [-0.1, -0.05) is 74.5 Å². The normalized spacial score (nSPS) is 13.5. The summed E-state index contributed by atoms with van der Waals surface area (Å²) in [5.41, 5.74) is 13.7. The molecule has 0 spiro atoms. The van der Waals surface area contributed by atoms with Gasteiger partial charge in [0, 0.05) is 38.2 Å². The van der Waals surface area contributed by atoms with Crippen molar-refractivity contribution in [3.63, 3.8) is 0 Å². The van der Waals surface area contributed by atoms with Gasteiger partial charge >= 0.3 is 0 Å². The van der Waals surface area contributed by atoms with Crippen LogP contribution in [0.4, 0.5) is 0 Å². The molecule has 0 unspecified atom stereocenters. The molecule has 3 heterocycles. The summed E-state index contributed by atoms with van der Waals surface area (Å²) in [7, 11) is 0. The Bertz CT molecular complexity index is 2700. The molecule has 3 aromatic heterocycles. The van der Waals surface area contributed by atoms with E-state index in [0.29, 0.717) is 5.82 Å². The predicted octanol–water partition coefficient (Wildman–Crippen LogP) is 10.5. The second-order valence-corrected chi connectivity index (χ2v) is 12.9. The smallest absolute Gasteiger partial charge is 0.162 e. The molecule has 0 N–H and O–H groups in total. The highest BCUT2D eigenvalue weighted by atomic mass is 16.3. The van der Waals surface area contributed by atoms with E-state index in [1.807, 2.05) is 12.1 Å². The zero-order valence-corrected chi connectivity index (χ0v) is 25.9. The molecule has 0 saturated heterocycles. The number of nitrogens with zero attached hydrogens (tertiary/aromatic N) is 4. The highest BCUT2D eigenvalue weighted by Gasteiger charge is 2.38. The molecule has 0 atom stereocenters. The quantitative estimate of drug-likeness (QED) is 0.201. The zero-order chi connectivity index (χ0) is 31.3. The van der Waals surface area contributed by atoms with Crippen LogP contribution in [0.5, 0.6) is 0 Å². The molecule has 1 aliphatic carbocycles. The van der Waals surface area contributed by atoms with Crippen LogP contribution in [-0.2, 0) is 5.41 Å². The number of furan rings is 1. The molecule has 0 fully saturated rings. The largest absolute Gasteiger partial charge is 0.456 e. The van der Waals surface area contributed by atoms with Crippen LogP contribution < -0.4 is 0 Å². The summed E-state index contributed by atoms with van der Waals surface area (Å²) in [5, 5.41) is 4.75. The van der Waals surface area contributed by atoms with E-state index < -0.39 is 0 Å². The first-order chi connectivity index (χ1) is 23.1. The minimum atomic E-state index is -0.216. The molecule has 9 aromatic rings. The van der Waals surface area contributed by atoms with Gasteiger partial charge in [0.05, 0.1) is 11.0 Å². The highest BCUT2D eigenvalue weighted by molar-refractivity contribution is 6.15. The van der Waals surface area contributed by atoms with Gasteiger partial charge in [-0.3, -0.25) is 0 Å². The fourth-order valence-corrected chi connectivity index (χ4v) is 7.90. The summed E-state index contributed by atoms with van der Waals surface area (Å²) in [4.78, 5) is 13.0. The van der Waals surface area contributed by atoms with Crippen LogP contribution in [0.25, 0.3) is 83.1 Å². The van der Waals surface area contributed by atoms with Gasteiger partial charge in [-0.2, -0.15) is 0 Å². The molecule has 5 nitrogen and oxygen atoms in total. The number of benzene rings is 6. The molecule has 47 heavy (non-hydrogen) atoms. The lowest BCUT2D eigenvalue weighted by Gasteiger charge is -2.23. The Morgan fingerprint density at radius 1 is 0.574 bits per heavy atom. The SMILES string of the molecule is CC1(C)c2ccc(-c3ccc4oc5ccccc5c4c3)cc2-c2ccc3c(c21)c1cc(-c2ncncn2)ccc1n3-c1ccccc1. The van der Waals surface area contributed by atoms with Crippen molar-refractivity contribution < 1.29 is 4.42 Å². The molecule has 1 aliphatic rings. The van der Waals surface area contributed by atoms with Gasteiger partial charge < -0.3 is 8.98 Å². The zero-order valence-electron chi connectivity index (χ0n) is 25.9. The number of para-hydroxylation sites is 2. The minimum absolute atomic E-state index is 0.216. The summed E-state index contributed by atoms with van der Waals surface area (Å²) < 4.78 is 8.51.